The molecule has 0 saturated carbocycles. The molecule has 8 nitrogen and oxygen atoms in total. The molecule has 3 rings (SSSR count). The van der Waals surface area contributed by atoms with Crippen LogP contribution in [0, 0.1) is 0 Å². The molecule has 29 heavy (non-hydrogen) atoms. The number of piperazine rings is 1. The number of amides is 1. The Morgan fingerprint density at radius 1 is 0.966 bits per heavy atom. The molecule has 0 radical (unpaired) electrons. The molecular formula is C20H23N3O5S. The molecular weight excluding hydrogens is 394 g/mol. The Hall–Kier alpha value is -2.91. The first-order valence-electron chi connectivity index (χ1n) is 9.20. The number of carbonyl (C=O) groups is 2. The van der Waals surface area contributed by atoms with Crippen LogP contribution in [0.4, 0.5) is 5.69 Å². The van der Waals surface area contributed by atoms with E-state index >= 15 is 0 Å². The highest BCUT2D eigenvalue weighted by Crippen LogP contribution is 2.18. The van der Waals surface area contributed by atoms with Crippen molar-refractivity contribution in [2.75, 3.05) is 45.2 Å². The lowest BCUT2D eigenvalue weighted by Gasteiger charge is -2.33. The summed E-state index contributed by atoms with van der Waals surface area (Å²) >= 11 is 0. The molecule has 1 saturated heterocycles. The highest BCUT2D eigenvalue weighted by atomic mass is 32.2. The minimum Gasteiger partial charge on any atom is -0.452 e. The Labute approximate surface area is 170 Å². The highest BCUT2D eigenvalue weighted by molar-refractivity contribution is 7.89. The van der Waals surface area contributed by atoms with E-state index in [-0.39, 0.29) is 43.6 Å². The monoisotopic (exact) mass is 417 g/mol. The molecule has 154 valence electrons. The molecule has 1 N–H and O–H groups in total. The minimum atomic E-state index is -3.58. The largest absolute Gasteiger partial charge is 0.452 e. The summed E-state index contributed by atoms with van der Waals surface area (Å²) in [4.78, 5) is 26.4. The number of carbonyl (C=O) groups excluding carboxylic acids is 2. The van der Waals surface area contributed by atoms with Crippen molar-refractivity contribution in [1.82, 2.24) is 9.21 Å². The van der Waals surface area contributed by atoms with Gasteiger partial charge in [0.1, 0.15) is 0 Å². The fourth-order valence-electron chi connectivity index (χ4n) is 3.09. The minimum absolute atomic E-state index is 0.194. The number of anilines is 1. The lowest BCUT2D eigenvalue weighted by Crippen LogP contribution is -2.51. The van der Waals surface area contributed by atoms with Crippen LogP contribution in [0.15, 0.2) is 59.5 Å². The number of para-hydroxylation sites is 1. The van der Waals surface area contributed by atoms with Gasteiger partial charge in [0.15, 0.2) is 6.61 Å². The third-order valence-corrected chi connectivity index (χ3v) is 6.63. The average molecular weight is 417 g/mol. The number of hydrogen-bond acceptors (Lipinski definition) is 6. The van der Waals surface area contributed by atoms with Crippen LogP contribution in [0.1, 0.15) is 10.4 Å². The number of rotatable bonds is 6. The SMILES string of the molecule is CNc1ccccc1C(=O)OCC(=O)N1CCN(S(=O)(=O)c2ccccc2)CC1. The Morgan fingerprint density at radius 2 is 1.59 bits per heavy atom. The second-order valence-corrected chi connectivity index (χ2v) is 8.41. The van der Waals surface area contributed by atoms with Crippen molar-refractivity contribution >= 4 is 27.6 Å². The first-order chi connectivity index (χ1) is 13.9. The fraction of sp³-hybridized carbons (Fsp3) is 0.300. The van der Waals surface area contributed by atoms with Crippen molar-refractivity contribution in [2.24, 2.45) is 0 Å². The number of ether oxygens (including phenoxy) is 1. The third-order valence-electron chi connectivity index (χ3n) is 4.72. The molecule has 1 heterocycles. The van der Waals surface area contributed by atoms with Gasteiger partial charge in [-0.05, 0) is 24.3 Å². The second-order valence-electron chi connectivity index (χ2n) is 6.47. The molecule has 1 amide bonds. The first kappa shape index (κ1) is 20.8. The van der Waals surface area contributed by atoms with Crippen LogP contribution in [-0.2, 0) is 19.6 Å². The number of sulfonamides is 1. The zero-order valence-electron chi connectivity index (χ0n) is 16.1. The molecule has 0 spiro atoms. The smallest absolute Gasteiger partial charge is 0.340 e. The normalized spacial score (nSPS) is 15.0. The van der Waals surface area contributed by atoms with Gasteiger partial charge in [-0.3, -0.25) is 4.79 Å². The van der Waals surface area contributed by atoms with Crippen LogP contribution in [0.3, 0.4) is 0 Å². The zero-order chi connectivity index (χ0) is 20.9. The van der Waals surface area contributed by atoms with Gasteiger partial charge in [0.25, 0.3) is 5.91 Å². The van der Waals surface area contributed by atoms with Crippen molar-refractivity contribution in [3.63, 3.8) is 0 Å². The second kappa shape index (κ2) is 9.06. The number of nitrogens with zero attached hydrogens (tertiary/aromatic N) is 2. The quantitative estimate of drug-likeness (QED) is 0.714. The number of esters is 1. The topological polar surface area (TPSA) is 96.0 Å². The highest BCUT2D eigenvalue weighted by Gasteiger charge is 2.30. The summed E-state index contributed by atoms with van der Waals surface area (Å²) in [7, 11) is -1.88. The number of hydrogen-bond donors (Lipinski definition) is 1. The van der Waals surface area contributed by atoms with E-state index in [9.17, 15) is 18.0 Å². The summed E-state index contributed by atoms with van der Waals surface area (Å²) in [6.45, 7) is 0.492. The molecule has 0 aromatic heterocycles. The Balaban J connectivity index is 1.53. The van der Waals surface area contributed by atoms with Crippen LogP contribution in [0.25, 0.3) is 0 Å². The number of nitrogens with one attached hydrogen (secondary N) is 1. The average Bonchev–Trinajstić information content (AvgIpc) is 2.77. The van der Waals surface area contributed by atoms with Gasteiger partial charge < -0.3 is 15.0 Å². The summed E-state index contributed by atoms with van der Waals surface area (Å²) in [5.74, 6) is -0.939. The van der Waals surface area contributed by atoms with Crippen LogP contribution < -0.4 is 5.32 Å². The van der Waals surface area contributed by atoms with Crippen LogP contribution in [0.2, 0.25) is 0 Å². The molecule has 0 aliphatic carbocycles. The van der Waals surface area contributed by atoms with Crippen LogP contribution >= 0.6 is 0 Å². The molecule has 0 atom stereocenters. The standard InChI is InChI=1S/C20H23N3O5S/c1-21-18-10-6-5-9-17(18)20(25)28-15-19(24)22-11-13-23(14-12-22)29(26,27)16-7-3-2-4-8-16/h2-10,21H,11-15H2,1H3. The Kier molecular flexibility index (Phi) is 6.50. The summed E-state index contributed by atoms with van der Waals surface area (Å²) < 4.78 is 31.8. The maximum Gasteiger partial charge on any atom is 0.340 e. The van der Waals surface area contributed by atoms with Crippen LogP contribution in [0.5, 0.6) is 0 Å². The van der Waals surface area contributed by atoms with Gasteiger partial charge in [-0.15, -0.1) is 0 Å². The van der Waals surface area contributed by atoms with Gasteiger partial charge in [-0.2, -0.15) is 4.31 Å². The van der Waals surface area contributed by atoms with E-state index in [2.05, 4.69) is 5.32 Å². The van der Waals surface area contributed by atoms with Crippen molar-refractivity contribution in [1.29, 1.82) is 0 Å². The fourth-order valence-corrected chi connectivity index (χ4v) is 4.54. The zero-order valence-corrected chi connectivity index (χ0v) is 16.9. The van der Waals surface area contributed by atoms with Gasteiger partial charge in [0.05, 0.1) is 10.5 Å². The predicted octanol–water partition coefficient (Wildman–Crippen LogP) is 1.42. The van der Waals surface area contributed by atoms with E-state index in [1.165, 1.54) is 9.21 Å². The molecule has 0 unspecified atom stereocenters. The van der Waals surface area contributed by atoms with Gasteiger partial charge in [-0.1, -0.05) is 30.3 Å². The molecule has 0 bridgehead atoms. The lowest BCUT2D eigenvalue weighted by atomic mass is 10.2. The predicted molar refractivity (Wildman–Crippen MR) is 108 cm³/mol. The third kappa shape index (κ3) is 4.75. The Morgan fingerprint density at radius 3 is 2.24 bits per heavy atom. The summed E-state index contributed by atoms with van der Waals surface area (Å²) in [6, 6.07) is 15.1. The van der Waals surface area contributed by atoms with E-state index in [1.54, 1.807) is 61.6 Å². The molecule has 2 aromatic rings. The number of benzene rings is 2. The van der Waals surface area contributed by atoms with Gasteiger partial charge >= 0.3 is 5.97 Å². The van der Waals surface area contributed by atoms with E-state index < -0.39 is 16.0 Å². The van der Waals surface area contributed by atoms with E-state index in [0.29, 0.717) is 11.3 Å². The van der Waals surface area contributed by atoms with E-state index in [1.807, 2.05) is 0 Å². The van der Waals surface area contributed by atoms with Gasteiger partial charge in [-0.25, -0.2) is 13.2 Å². The lowest BCUT2D eigenvalue weighted by molar-refractivity contribution is -0.135. The summed E-state index contributed by atoms with van der Waals surface area (Å²) in [6.07, 6.45) is 0. The van der Waals surface area contributed by atoms with Gasteiger partial charge in [0, 0.05) is 38.9 Å². The van der Waals surface area contributed by atoms with Crippen molar-refractivity contribution in [3.8, 4) is 0 Å². The van der Waals surface area contributed by atoms with Crippen molar-refractivity contribution in [3.05, 3.63) is 60.2 Å². The van der Waals surface area contributed by atoms with Crippen LogP contribution in [-0.4, -0.2) is 69.3 Å². The molecule has 1 aliphatic heterocycles. The first-order valence-corrected chi connectivity index (χ1v) is 10.6. The maximum atomic E-state index is 12.6. The molecule has 2 aromatic carbocycles. The molecule has 1 aliphatic rings. The van der Waals surface area contributed by atoms with E-state index in [0.717, 1.165) is 0 Å². The molecule has 9 heteroatoms. The summed E-state index contributed by atoms with van der Waals surface area (Å²) in [5.41, 5.74) is 0.964. The van der Waals surface area contributed by atoms with Crippen molar-refractivity contribution < 1.29 is 22.7 Å². The van der Waals surface area contributed by atoms with E-state index in [4.69, 9.17) is 4.74 Å². The van der Waals surface area contributed by atoms with Gasteiger partial charge in [0.2, 0.25) is 10.0 Å². The Bertz CT molecular complexity index is 971. The molecule has 1 fully saturated rings. The summed E-state index contributed by atoms with van der Waals surface area (Å²) in [5, 5.41) is 2.90. The van der Waals surface area contributed by atoms with Crippen molar-refractivity contribution in [2.45, 2.75) is 4.90 Å². The maximum absolute atomic E-state index is 12.6.